The summed E-state index contributed by atoms with van der Waals surface area (Å²) in [6.07, 6.45) is 5.33. The maximum absolute atomic E-state index is 4.77. The molecular formula is C45H31N. The number of rotatable bonds is 4. The molecule has 9 rings (SSSR count). The van der Waals surface area contributed by atoms with Crippen LogP contribution in [0.25, 0.3) is 71.0 Å². The van der Waals surface area contributed by atoms with E-state index in [9.17, 15) is 0 Å². The predicted octanol–water partition coefficient (Wildman–Crippen LogP) is 12.2. The van der Waals surface area contributed by atoms with Crippen molar-refractivity contribution in [1.82, 2.24) is 0 Å². The van der Waals surface area contributed by atoms with Gasteiger partial charge in [0.05, 0.1) is 5.70 Å². The Morgan fingerprint density at radius 1 is 0.435 bits per heavy atom. The lowest BCUT2D eigenvalue weighted by atomic mass is 9.83. The molecular weight excluding hydrogens is 555 g/mol. The van der Waals surface area contributed by atoms with Crippen molar-refractivity contribution in [3.8, 4) is 22.3 Å². The summed E-state index contributed by atoms with van der Waals surface area (Å²) in [4.78, 5) is 4.77. The van der Waals surface area contributed by atoms with Gasteiger partial charge in [-0.25, -0.2) is 0 Å². The van der Waals surface area contributed by atoms with E-state index in [0.29, 0.717) is 0 Å². The Balaban J connectivity index is 1.28. The first-order valence-electron chi connectivity index (χ1n) is 16.1. The van der Waals surface area contributed by atoms with E-state index >= 15 is 0 Å². The SMILES string of the molecule is C1=NC(c2ccccc2)=CC(c2cccc3c(-c4c5ccccc5c(-c5ccc6ccccc6c5)c5ccccc45)cccc23)C1. The van der Waals surface area contributed by atoms with E-state index in [4.69, 9.17) is 4.99 Å². The van der Waals surface area contributed by atoms with Crippen LogP contribution in [0, 0.1) is 0 Å². The molecule has 8 aromatic carbocycles. The lowest BCUT2D eigenvalue weighted by Crippen LogP contribution is -2.03. The highest BCUT2D eigenvalue weighted by Gasteiger charge is 2.21. The van der Waals surface area contributed by atoms with E-state index in [1.807, 2.05) is 0 Å². The Morgan fingerprint density at radius 2 is 1.04 bits per heavy atom. The predicted molar refractivity (Wildman–Crippen MR) is 198 cm³/mol. The number of fused-ring (bicyclic) bond motifs is 4. The van der Waals surface area contributed by atoms with Crippen molar-refractivity contribution < 1.29 is 0 Å². The molecule has 1 unspecified atom stereocenters. The van der Waals surface area contributed by atoms with Crippen molar-refractivity contribution in [2.24, 2.45) is 4.99 Å². The Labute approximate surface area is 268 Å². The first-order valence-corrected chi connectivity index (χ1v) is 16.1. The molecule has 0 spiro atoms. The Morgan fingerprint density at radius 3 is 1.80 bits per heavy atom. The lowest BCUT2D eigenvalue weighted by Gasteiger charge is -2.21. The van der Waals surface area contributed by atoms with Crippen molar-refractivity contribution in [2.75, 3.05) is 0 Å². The number of nitrogens with zero attached hydrogens (tertiary/aromatic N) is 1. The fraction of sp³-hybridized carbons (Fsp3) is 0.0444. The van der Waals surface area contributed by atoms with Crippen LogP contribution in [0.2, 0.25) is 0 Å². The van der Waals surface area contributed by atoms with Gasteiger partial charge < -0.3 is 0 Å². The van der Waals surface area contributed by atoms with Gasteiger partial charge in [-0.3, -0.25) is 4.99 Å². The van der Waals surface area contributed by atoms with Crippen molar-refractivity contribution >= 4 is 55.0 Å². The minimum atomic E-state index is 0.260. The maximum Gasteiger partial charge on any atom is 0.0664 e. The van der Waals surface area contributed by atoms with Crippen LogP contribution in [0.5, 0.6) is 0 Å². The number of hydrogen-bond acceptors (Lipinski definition) is 1. The van der Waals surface area contributed by atoms with Gasteiger partial charge in [-0.15, -0.1) is 0 Å². The molecule has 0 aliphatic carbocycles. The minimum Gasteiger partial charge on any atom is -0.261 e. The molecule has 1 heterocycles. The molecule has 46 heavy (non-hydrogen) atoms. The van der Waals surface area contributed by atoms with E-state index in [-0.39, 0.29) is 5.92 Å². The van der Waals surface area contributed by atoms with Gasteiger partial charge in [0.25, 0.3) is 0 Å². The van der Waals surface area contributed by atoms with E-state index in [1.54, 1.807) is 0 Å². The molecule has 0 bridgehead atoms. The summed E-state index contributed by atoms with van der Waals surface area (Å²) in [7, 11) is 0. The lowest BCUT2D eigenvalue weighted by molar-refractivity contribution is 0.901. The number of hydrogen-bond donors (Lipinski definition) is 0. The smallest absolute Gasteiger partial charge is 0.0664 e. The summed E-state index contributed by atoms with van der Waals surface area (Å²) in [5.41, 5.74) is 8.66. The van der Waals surface area contributed by atoms with Gasteiger partial charge >= 0.3 is 0 Å². The van der Waals surface area contributed by atoms with Crippen molar-refractivity contribution in [3.05, 3.63) is 175 Å². The molecule has 1 aliphatic heterocycles. The monoisotopic (exact) mass is 585 g/mol. The van der Waals surface area contributed by atoms with Crippen LogP contribution in [0.1, 0.15) is 23.5 Å². The average Bonchev–Trinajstić information content (AvgIpc) is 3.13. The zero-order chi connectivity index (χ0) is 30.5. The van der Waals surface area contributed by atoms with Crippen LogP contribution in [0.3, 0.4) is 0 Å². The second-order valence-electron chi connectivity index (χ2n) is 12.2. The first kappa shape index (κ1) is 26.6. The number of aliphatic imine (C=N–C) groups is 1. The molecule has 0 radical (unpaired) electrons. The summed E-state index contributed by atoms with van der Waals surface area (Å²) < 4.78 is 0. The molecule has 1 heteroatoms. The standard InChI is InChI=1S/C45H31N/c1-2-13-31(14-3-1)43-29-33(26-27-46-43)35-20-10-22-37-36(35)21-11-23-38(37)45-41-18-8-6-16-39(41)44(40-17-7-9-19-42(40)45)34-25-24-30-12-4-5-15-32(30)28-34/h1-25,27-29,33H,26H2. The molecule has 0 N–H and O–H groups in total. The molecule has 0 aromatic heterocycles. The van der Waals surface area contributed by atoms with Gasteiger partial charge in [-0.05, 0) is 89.0 Å². The second kappa shape index (κ2) is 11.0. The quantitative estimate of drug-likeness (QED) is 0.182. The molecule has 0 saturated heterocycles. The summed E-state index contributed by atoms with van der Waals surface area (Å²) >= 11 is 0. The van der Waals surface area contributed by atoms with Crippen molar-refractivity contribution in [3.63, 3.8) is 0 Å². The van der Waals surface area contributed by atoms with E-state index in [1.165, 1.54) is 70.9 Å². The fourth-order valence-electron chi connectivity index (χ4n) is 7.51. The third-order valence-corrected chi connectivity index (χ3v) is 9.61. The fourth-order valence-corrected chi connectivity index (χ4v) is 7.51. The van der Waals surface area contributed by atoms with Gasteiger partial charge in [0.1, 0.15) is 0 Å². The van der Waals surface area contributed by atoms with Gasteiger partial charge in [-0.2, -0.15) is 0 Å². The summed E-state index contributed by atoms with van der Waals surface area (Å²) in [6, 6.07) is 57.6. The highest BCUT2D eigenvalue weighted by molar-refractivity contribution is 6.24. The van der Waals surface area contributed by atoms with Crippen molar-refractivity contribution in [1.29, 1.82) is 0 Å². The molecule has 0 saturated carbocycles. The first-order chi connectivity index (χ1) is 22.8. The topological polar surface area (TPSA) is 12.4 Å². The zero-order valence-corrected chi connectivity index (χ0v) is 25.4. The van der Waals surface area contributed by atoms with Gasteiger partial charge in [-0.1, -0.05) is 158 Å². The van der Waals surface area contributed by atoms with Crippen LogP contribution in [0.15, 0.2) is 169 Å². The Kier molecular flexibility index (Phi) is 6.35. The van der Waals surface area contributed by atoms with Crippen LogP contribution in [-0.2, 0) is 0 Å². The minimum absolute atomic E-state index is 0.260. The molecule has 0 amide bonds. The summed E-state index contributed by atoms with van der Waals surface area (Å²) in [6.45, 7) is 0. The van der Waals surface area contributed by atoms with Gasteiger partial charge in [0.15, 0.2) is 0 Å². The number of benzene rings is 8. The van der Waals surface area contributed by atoms with E-state index < -0.39 is 0 Å². The molecule has 1 nitrogen and oxygen atoms in total. The summed E-state index contributed by atoms with van der Waals surface area (Å²) in [5.74, 6) is 0.260. The van der Waals surface area contributed by atoms with Crippen LogP contribution in [-0.4, -0.2) is 6.21 Å². The Hall–Kier alpha value is -5.79. The third kappa shape index (κ3) is 4.36. The van der Waals surface area contributed by atoms with Crippen LogP contribution in [0.4, 0.5) is 0 Å². The van der Waals surface area contributed by atoms with Gasteiger partial charge in [0, 0.05) is 12.1 Å². The highest BCUT2D eigenvalue weighted by Crippen LogP contribution is 2.46. The average molecular weight is 586 g/mol. The third-order valence-electron chi connectivity index (χ3n) is 9.61. The zero-order valence-electron chi connectivity index (χ0n) is 25.4. The van der Waals surface area contributed by atoms with Crippen molar-refractivity contribution in [2.45, 2.75) is 12.3 Å². The Bertz CT molecular complexity index is 2440. The second-order valence-corrected chi connectivity index (χ2v) is 12.2. The molecule has 0 fully saturated rings. The highest BCUT2D eigenvalue weighted by atomic mass is 14.7. The maximum atomic E-state index is 4.77. The molecule has 1 aliphatic rings. The van der Waals surface area contributed by atoms with E-state index in [0.717, 1.165) is 17.7 Å². The summed E-state index contributed by atoms with van der Waals surface area (Å²) in [5, 5.41) is 10.2. The van der Waals surface area contributed by atoms with Crippen LogP contribution < -0.4 is 0 Å². The van der Waals surface area contributed by atoms with Gasteiger partial charge in [0.2, 0.25) is 0 Å². The molecule has 8 aromatic rings. The molecule has 1 atom stereocenters. The largest absolute Gasteiger partial charge is 0.261 e. The molecule has 216 valence electrons. The normalized spacial score (nSPS) is 14.7. The van der Waals surface area contributed by atoms with E-state index in [2.05, 4.69) is 170 Å². The number of allylic oxidation sites excluding steroid dienone is 1. The van der Waals surface area contributed by atoms with Crippen LogP contribution >= 0.6 is 0 Å².